The molecule has 3 aliphatic rings. The van der Waals surface area contributed by atoms with Crippen LogP contribution in [0.25, 0.3) is 0 Å². The van der Waals surface area contributed by atoms with Crippen LogP contribution in [0.15, 0.2) is 49.6 Å². The van der Waals surface area contributed by atoms with Crippen LogP contribution in [0.3, 0.4) is 0 Å². The van der Waals surface area contributed by atoms with E-state index in [0.29, 0.717) is 18.0 Å². The van der Waals surface area contributed by atoms with Crippen molar-refractivity contribution in [3.63, 3.8) is 0 Å². The molecule has 1 aromatic rings. The van der Waals surface area contributed by atoms with E-state index in [-0.39, 0.29) is 48.0 Å². The maximum absolute atomic E-state index is 14.8. The van der Waals surface area contributed by atoms with Gasteiger partial charge in [0.2, 0.25) is 11.8 Å². The fraction of sp³-hybridized carbons (Fsp3) is 0.581. The van der Waals surface area contributed by atoms with E-state index in [1.165, 1.54) is 0 Å². The Balaban J connectivity index is 1.86. The van der Waals surface area contributed by atoms with Gasteiger partial charge in [0, 0.05) is 31.1 Å². The van der Waals surface area contributed by atoms with E-state index in [0.717, 1.165) is 12.8 Å². The first kappa shape index (κ1) is 30.2. The summed E-state index contributed by atoms with van der Waals surface area (Å²) < 4.78 is 4.54. The summed E-state index contributed by atoms with van der Waals surface area (Å²) in [4.78, 5) is 48.1. The number of likely N-dealkylation sites (tertiary alicyclic amines) is 1. The van der Waals surface area contributed by atoms with E-state index in [4.69, 9.17) is 4.74 Å². The van der Waals surface area contributed by atoms with Gasteiger partial charge in [-0.2, -0.15) is 0 Å². The molecular weight excluding hydrogens is 526 g/mol. The summed E-state index contributed by atoms with van der Waals surface area (Å²) in [7, 11) is 3.33. The SMILES string of the molecule is C=CCN(C)C(=O)[C@@H]1[C@@H]2CC(C)C3(S2)C(C(=O)N(CC=C)c2ccc(OC)cc2)N([C@@H](CO)[C@@H](C)CC)C(=O)[C@H]13. The van der Waals surface area contributed by atoms with Crippen molar-refractivity contribution in [2.45, 2.75) is 55.7 Å². The fourth-order valence-corrected chi connectivity index (χ4v) is 9.49. The Labute approximate surface area is 242 Å². The summed E-state index contributed by atoms with van der Waals surface area (Å²) >= 11 is 1.65. The van der Waals surface area contributed by atoms with Gasteiger partial charge in [-0.25, -0.2) is 0 Å². The van der Waals surface area contributed by atoms with Crippen LogP contribution < -0.4 is 9.64 Å². The Bertz CT molecular complexity index is 1140. The number of fused-ring (bicyclic) bond motifs is 1. The molecule has 2 bridgehead atoms. The van der Waals surface area contributed by atoms with E-state index < -0.39 is 28.7 Å². The number of benzene rings is 1. The van der Waals surface area contributed by atoms with Crippen LogP contribution in [0.1, 0.15) is 33.6 Å². The average Bonchev–Trinajstić information content (AvgIpc) is 3.55. The number of hydrogen-bond donors (Lipinski definition) is 1. The number of rotatable bonds is 12. The third-order valence-corrected chi connectivity index (χ3v) is 11.4. The van der Waals surface area contributed by atoms with Crippen LogP contribution in [-0.4, -0.2) is 88.6 Å². The van der Waals surface area contributed by atoms with Crippen molar-refractivity contribution in [1.82, 2.24) is 9.80 Å². The molecule has 0 radical (unpaired) electrons. The quantitative estimate of drug-likeness (QED) is 0.387. The molecule has 8 nitrogen and oxygen atoms in total. The first-order valence-corrected chi connectivity index (χ1v) is 15.0. The van der Waals surface area contributed by atoms with Gasteiger partial charge >= 0.3 is 0 Å². The first-order chi connectivity index (χ1) is 19.1. The van der Waals surface area contributed by atoms with E-state index in [2.05, 4.69) is 20.1 Å². The average molecular weight is 570 g/mol. The fourth-order valence-electron chi connectivity index (χ4n) is 7.09. The minimum Gasteiger partial charge on any atom is -0.497 e. The topological polar surface area (TPSA) is 90.4 Å². The zero-order chi connectivity index (χ0) is 29.4. The highest BCUT2D eigenvalue weighted by Gasteiger charge is 2.77. The van der Waals surface area contributed by atoms with Crippen molar-refractivity contribution < 1.29 is 24.2 Å². The molecule has 3 fully saturated rings. The highest BCUT2D eigenvalue weighted by atomic mass is 32.2. The molecule has 3 aliphatic heterocycles. The molecule has 218 valence electrons. The maximum Gasteiger partial charge on any atom is 0.251 e. The lowest BCUT2D eigenvalue weighted by molar-refractivity contribution is -0.145. The van der Waals surface area contributed by atoms with Crippen LogP contribution in [0.2, 0.25) is 0 Å². The van der Waals surface area contributed by atoms with Gasteiger partial charge in [0.25, 0.3) is 5.91 Å². The van der Waals surface area contributed by atoms with E-state index in [1.54, 1.807) is 64.9 Å². The van der Waals surface area contributed by atoms with Gasteiger partial charge in [0.05, 0.1) is 36.3 Å². The number of likely N-dealkylation sites (N-methyl/N-ethyl adjacent to an activating group) is 1. The molecule has 8 atom stereocenters. The number of nitrogens with zero attached hydrogens (tertiary/aromatic N) is 3. The number of thioether (sulfide) groups is 1. The van der Waals surface area contributed by atoms with Gasteiger partial charge < -0.3 is 24.5 Å². The van der Waals surface area contributed by atoms with Crippen LogP contribution >= 0.6 is 11.8 Å². The van der Waals surface area contributed by atoms with Gasteiger partial charge in [-0.1, -0.05) is 39.3 Å². The number of aliphatic hydroxyl groups is 1. The van der Waals surface area contributed by atoms with Crippen LogP contribution in [0.4, 0.5) is 5.69 Å². The van der Waals surface area contributed by atoms with E-state index >= 15 is 0 Å². The minimum atomic E-state index is -0.828. The van der Waals surface area contributed by atoms with Crippen molar-refractivity contribution in [2.75, 3.05) is 38.8 Å². The van der Waals surface area contributed by atoms with Gasteiger partial charge in [-0.05, 0) is 42.5 Å². The van der Waals surface area contributed by atoms with Crippen molar-refractivity contribution in [3.8, 4) is 5.75 Å². The molecule has 3 unspecified atom stereocenters. The number of hydrogen-bond acceptors (Lipinski definition) is 6. The number of aliphatic hydroxyl groups excluding tert-OH is 1. The summed E-state index contributed by atoms with van der Waals surface area (Å²) in [5.41, 5.74) is 0.672. The summed E-state index contributed by atoms with van der Waals surface area (Å²) in [6.07, 6.45) is 4.84. The number of anilines is 1. The third-order valence-electron chi connectivity index (χ3n) is 9.29. The number of methoxy groups -OCH3 is 1. The molecule has 1 aromatic carbocycles. The van der Waals surface area contributed by atoms with E-state index in [9.17, 15) is 19.5 Å². The lowest BCUT2D eigenvalue weighted by Gasteiger charge is -2.43. The summed E-state index contributed by atoms with van der Waals surface area (Å²) in [6.45, 7) is 14.2. The Morgan fingerprint density at radius 1 is 1.23 bits per heavy atom. The van der Waals surface area contributed by atoms with E-state index in [1.807, 2.05) is 26.0 Å². The third kappa shape index (κ3) is 4.65. The smallest absolute Gasteiger partial charge is 0.251 e. The Morgan fingerprint density at radius 3 is 2.42 bits per heavy atom. The Morgan fingerprint density at radius 2 is 1.88 bits per heavy atom. The molecule has 1 spiro atoms. The minimum absolute atomic E-state index is 0.0295. The number of amides is 3. The lowest BCUT2D eigenvalue weighted by atomic mass is 9.65. The molecule has 0 saturated carbocycles. The predicted octanol–water partition coefficient (Wildman–Crippen LogP) is 3.60. The molecule has 3 saturated heterocycles. The molecular formula is C31H43N3O5S. The molecule has 4 rings (SSSR count). The van der Waals surface area contributed by atoms with Gasteiger partial charge in [0.15, 0.2) is 0 Å². The molecule has 3 amide bonds. The monoisotopic (exact) mass is 569 g/mol. The molecule has 0 aliphatic carbocycles. The number of ether oxygens (including phenoxy) is 1. The number of carbonyl (C=O) groups is 3. The van der Waals surface area contributed by atoms with Crippen LogP contribution in [0, 0.1) is 23.7 Å². The van der Waals surface area contributed by atoms with Gasteiger partial charge in [0.1, 0.15) is 11.8 Å². The van der Waals surface area contributed by atoms with Crippen molar-refractivity contribution in [1.29, 1.82) is 0 Å². The normalized spacial score (nSPS) is 30.0. The maximum atomic E-state index is 14.8. The molecule has 1 N–H and O–H groups in total. The second-order valence-corrected chi connectivity index (χ2v) is 12.9. The van der Waals surface area contributed by atoms with Gasteiger partial charge in [-0.3, -0.25) is 14.4 Å². The summed E-state index contributed by atoms with van der Waals surface area (Å²) in [5.74, 6) is -0.992. The first-order valence-electron chi connectivity index (χ1n) is 14.2. The summed E-state index contributed by atoms with van der Waals surface area (Å²) in [5, 5.41) is 10.6. The standard InChI is InChI=1S/C31H43N3O5S/c1-8-15-32(6)28(36)25-24-17-20(5)31(40-24)26(25)29(37)34(23(18-35)19(4)10-3)27(31)30(38)33(16-9-2)21-11-13-22(39-7)14-12-21/h8-9,11-14,19-20,23-27,35H,1-2,10,15-18H2,3-7H3/t19-,20?,23-,24-,25+,26-,27?,31?/m0/s1. The van der Waals surface area contributed by atoms with Crippen LogP contribution in [-0.2, 0) is 14.4 Å². The largest absolute Gasteiger partial charge is 0.497 e. The number of carbonyl (C=O) groups excluding carboxylic acids is 3. The van der Waals surface area contributed by atoms with Crippen molar-refractivity contribution in [3.05, 3.63) is 49.6 Å². The Kier molecular flexibility index (Phi) is 9.05. The molecule has 3 heterocycles. The van der Waals surface area contributed by atoms with Crippen LogP contribution in [0.5, 0.6) is 5.75 Å². The highest BCUT2D eigenvalue weighted by molar-refractivity contribution is 8.02. The highest BCUT2D eigenvalue weighted by Crippen LogP contribution is 2.69. The van der Waals surface area contributed by atoms with Gasteiger partial charge in [-0.15, -0.1) is 24.9 Å². The molecule has 0 aromatic heterocycles. The second-order valence-electron chi connectivity index (χ2n) is 11.4. The zero-order valence-electron chi connectivity index (χ0n) is 24.3. The summed E-state index contributed by atoms with van der Waals surface area (Å²) in [6, 6.07) is 5.89. The molecule has 9 heteroatoms. The molecule has 40 heavy (non-hydrogen) atoms. The lowest BCUT2D eigenvalue weighted by Crippen LogP contribution is -2.60. The Hall–Kier alpha value is -2.78. The predicted molar refractivity (Wildman–Crippen MR) is 159 cm³/mol. The van der Waals surface area contributed by atoms with Crippen molar-refractivity contribution >= 4 is 35.2 Å². The zero-order valence-corrected chi connectivity index (χ0v) is 25.1. The second kappa shape index (κ2) is 12.0. The van der Waals surface area contributed by atoms with Crippen molar-refractivity contribution in [2.24, 2.45) is 23.7 Å².